The van der Waals surface area contributed by atoms with Gasteiger partial charge in [-0.15, -0.1) is 0 Å². The van der Waals surface area contributed by atoms with Gasteiger partial charge in [-0.25, -0.2) is 13.1 Å². The number of benzene rings is 1. The third-order valence-corrected chi connectivity index (χ3v) is 5.02. The van der Waals surface area contributed by atoms with E-state index in [4.69, 9.17) is 0 Å². The van der Waals surface area contributed by atoms with Crippen molar-refractivity contribution < 1.29 is 13.2 Å². The predicted molar refractivity (Wildman–Crippen MR) is 81.7 cm³/mol. The molecule has 0 bridgehead atoms. The molecule has 0 fully saturated rings. The molecule has 0 saturated heterocycles. The molecule has 0 aliphatic rings. The van der Waals surface area contributed by atoms with Crippen LogP contribution in [0.15, 0.2) is 27.6 Å². The Morgan fingerprint density at radius 3 is 2.40 bits per heavy atom. The first-order valence-electron chi connectivity index (χ1n) is 6.08. The van der Waals surface area contributed by atoms with Crippen LogP contribution in [0.3, 0.4) is 0 Å². The van der Waals surface area contributed by atoms with Crippen molar-refractivity contribution in [1.82, 2.24) is 10.0 Å². The van der Waals surface area contributed by atoms with Gasteiger partial charge in [-0.3, -0.25) is 4.79 Å². The number of amides is 1. The molecule has 0 spiro atoms. The van der Waals surface area contributed by atoms with Crippen LogP contribution in [-0.2, 0) is 21.4 Å². The number of rotatable bonds is 4. The first-order chi connectivity index (χ1) is 9.01. The van der Waals surface area contributed by atoms with Crippen LogP contribution >= 0.6 is 15.9 Å². The van der Waals surface area contributed by atoms with Crippen LogP contribution in [0.2, 0.25) is 0 Å². The normalized spacial score (nSPS) is 12.2. The number of carbonyl (C=O) groups excluding carboxylic acids is 1. The Labute approximate surface area is 128 Å². The summed E-state index contributed by atoms with van der Waals surface area (Å²) in [5, 5.41) is 2.64. The average molecular weight is 363 g/mol. The molecule has 7 heteroatoms. The van der Waals surface area contributed by atoms with Crippen LogP contribution in [0.5, 0.6) is 0 Å². The largest absolute Gasteiger partial charge is 0.352 e. The average Bonchev–Trinajstić information content (AvgIpc) is 2.24. The quantitative estimate of drug-likeness (QED) is 0.861. The summed E-state index contributed by atoms with van der Waals surface area (Å²) in [6, 6.07) is 4.97. The molecule has 1 amide bonds. The molecule has 5 nitrogen and oxygen atoms in total. The standard InChI is InChI=1S/C13H19BrN2O3S/c1-9(17)15-8-10-5-6-11(14)12(7-10)20(18,19)16-13(2,3)4/h5-7,16H,8H2,1-4H3,(H,15,17). The molecule has 0 unspecified atom stereocenters. The van der Waals surface area contributed by atoms with Crippen molar-refractivity contribution in [2.45, 2.75) is 44.7 Å². The van der Waals surface area contributed by atoms with Crippen LogP contribution in [0, 0.1) is 0 Å². The molecule has 1 aromatic rings. The monoisotopic (exact) mass is 362 g/mol. The minimum atomic E-state index is -3.62. The fourth-order valence-corrected chi connectivity index (χ4v) is 3.98. The van der Waals surface area contributed by atoms with Gasteiger partial charge in [0.2, 0.25) is 15.9 Å². The number of carbonyl (C=O) groups is 1. The number of sulfonamides is 1. The van der Waals surface area contributed by atoms with E-state index >= 15 is 0 Å². The maximum atomic E-state index is 12.3. The molecular formula is C13H19BrN2O3S. The van der Waals surface area contributed by atoms with Crippen molar-refractivity contribution in [3.63, 3.8) is 0 Å². The zero-order chi connectivity index (χ0) is 15.6. The highest BCUT2D eigenvalue weighted by Crippen LogP contribution is 2.24. The number of nitrogens with one attached hydrogen (secondary N) is 2. The molecule has 0 aromatic heterocycles. The van der Waals surface area contributed by atoms with Crippen LogP contribution < -0.4 is 10.0 Å². The second-order valence-corrected chi connectivity index (χ2v) is 8.04. The molecule has 1 aromatic carbocycles. The number of halogens is 1. The Kier molecular flexibility index (Phi) is 5.34. The highest BCUT2D eigenvalue weighted by atomic mass is 79.9. The Morgan fingerprint density at radius 2 is 1.90 bits per heavy atom. The zero-order valence-electron chi connectivity index (χ0n) is 12.0. The first-order valence-corrected chi connectivity index (χ1v) is 8.36. The Bertz CT molecular complexity index is 607. The second-order valence-electron chi connectivity index (χ2n) is 5.53. The fourth-order valence-electron chi connectivity index (χ4n) is 1.55. The number of hydrogen-bond donors (Lipinski definition) is 2. The summed E-state index contributed by atoms with van der Waals surface area (Å²) < 4.78 is 27.7. The predicted octanol–water partition coefficient (Wildman–Crippen LogP) is 2.16. The van der Waals surface area contributed by atoms with E-state index in [0.717, 1.165) is 5.56 Å². The summed E-state index contributed by atoms with van der Waals surface area (Å²) in [7, 11) is -3.62. The number of hydrogen-bond acceptors (Lipinski definition) is 3. The van der Waals surface area contributed by atoms with E-state index in [0.29, 0.717) is 11.0 Å². The summed E-state index contributed by atoms with van der Waals surface area (Å²) in [6.45, 7) is 7.04. The maximum absolute atomic E-state index is 12.3. The van der Waals surface area contributed by atoms with Gasteiger partial charge in [-0.1, -0.05) is 6.07 Å². The van der Waals surface area contributed by atoms with Crippen molar-refractivity contribution in [1.29, 1.82) is 0 Å². The SMILES string of the molecule is CC(=O)NCc1ccc(Br)c(S(=O)(=O)NC(C)(C)C)c1. The lowest BCUT2D eigenvalue weighted by atomic mass is 10.1. The molecule has 0 aliphatic carbocycles. The Morgan fingerprint density at radius 1 is 1.30 bits per heavy atom. The Balaban J connectivity index is 3.11. The van der Waals surface area contributed by atoms with Crippen LogP contribution in [0.4, 0.5) is 0 Å². The maximum Gasteiger partial charge on any atom is 0.242 e. The summed E-state index contributed by atoms with van der Waals surface area (Å²) in [6.07, 6.45) is 0. The topological polar surface area (TPSA) is 75.3 Å². The minimum absolute atomic E-state index is 0.162. The molecule has 1 rings (SSSR count). The lowest BCUT2D eigenvalue weighted by molar-refractivity contribution is -0.119. The van der Waals surface area contributed by atoms with E-state index in [-0.39, 0.29) is 10.8 Å². The van der Waals surface area contributed by atoms with Crippen molar-refractivity contribution >= 4 is 31.9 Å². The summed E-state index contributed by atoms with van der Waals surface area (Å²) in [4.78, 5) is 11.1. The van der Waals surface area contributed by atoms with Gasteiger partial charge < -0.3 is 5.32 Å². The summed E-state index contributed by atoms with van der Waals surface area (Å²) >= 11 is 3.25. The summed E-state index contributed by atoms with van der Waals surface area (Å²) in [5.41, 5.74) is 0.156. The highest BCUT2D eigenvalue weighted by molar-refractivity contribution is 9.10. The highest BCUT2D eigenvalue weighted by Gasteiger charge is 2.24. The Hall–Kier alpha value is -0.920. The van der Waals surface area contributed by atoms with E-state index in [2.05, 4.69) is 26.0 Å². The van der Waals surface area contributed by atoms with E-state index in [1.165, 1.54) is 6.92 Å². The van der Waals surface area contributed by atoms with Gasteiger partial charge in [-0.2, -0.15) is 0 Å². The fraction of sp³-hybridized carbons (Fsp3) is 0.462. The molecule has 112 valence electrons. The molecular weight excluding hydrogens is 344 g/mol. The van der Waals surface area contributed by atoms with Gasteiger partial charge in [0.05, 0.1) is 4.90 Å². The second kappa shape index (κ2) is 6.24. The van der Waals surface area contributed by atoms with Crippen LogP contribution in [0.1, 0.15) is 33.3 Å². The van der Waals surface area contributed by atoms with E-state index < -0.39 is 15.6 Å². The van der Waals surface area contributed by atoms with Gasteiger partial charge in [0.1, 0.15) is 0 Å². The molecule has 0 atom stereocenters. The third kappa shape index (κ3) is 5.22. The molecule has 0 aliphatic heterocycles. The molecule has 0 heterocycles. The van der Waals surface area contributed by atoms with Crippen LogP contribution in [-0.4, -0.2) is 19.9 Å². The minimum Gasteiger partial charge on any atom is -0.352 e. The van der Waals surface area contributed by atoms with Crippen molar-refractivity contribution in [3.05, 3.63) is 28.2 Å². The third-order valence-electron chi connectivity index (χ3n) is 2.27. The smallest absolute Gasteiger partial charge is 0.242 e. The van der Waals surface area contributed by atoms with Crippen molar-refractivity contribution in [2.75, 3.05) is 0 Å². The van der Waals surface area contributed by atoms with Gasteiger partial charge in [-0.05, 0) is 54.4 Å². The zero-order valence-corrected chi connectivity index (χ0v) is 14.4. The first kappa shape index (κ1) is 17.1. The molecule has 0 saturated carbocycles. The van der Waals surface area contributed by atoms with Crippen LogP contribution in [0.25, 0.3) is 0 Å². The molecule has 0 radical (unpaired) electrons. The van der Waals surface area contributed by atoms with E-state index in [1.54, 1.807) is 39.0 Å². The molecule has 2 N–H and O–H groups in total. The summed E-state index contributed by atoms with van der Waals surface area (Å²) in [5.74, 6) is -0.162. The lowest BCUT2D eigenvalue weighted by Crippen LogP contribution is -2.40. The van der Waals surface area contributed by atoms with Gasteiger partial charge in [0, 0.05) is 23.5 Å². The van der Waals surface area contributed by atoms with Gasteiger partial charge in [0.25, 0.3) is 0 Å². The van der Waals surface area contributed by atoms with E-state index in [9.17, 15) is 13.2 Å². The molecule has 20 heavy (non-hydrogen) atoms. The van der Waals surface area contributed by atoms with Gasteiger partial charge >= 0.3 is 0 Å². The van der Waals surface area contributed by atoms with Gasteiger partial charge in [0.15, 0.2) is 0 Å². The van der Waals surface area contributed by atoms with E-state index in [1.807, 2.05) is 0 Å². The lowest BCUT2D eigenvalue weighted by Gasteiger charge is -2.21. The van der Waals surface area contributed by atoms with Crippen molar-refractivity contribution in [2.24, 2.45) is 0 Å². The van der Waals surface area contributed by atoms with Crippen molar-refractivity contribution in [3.8, 4) is 0 Å².